The Morgan fingerprint density at radius 1 is 1.39 bits per heavy atom. The van der Waals surface area contributed by atoms with Gasteiger partial charge in [0.25, 0.3) is 0 Å². The normalized spacial score (nSPS) is 12.4. The zero-order chi connectivity index (χ0) is 13.3. The van der Waals surface area contributed by atoms with Gasteiger partial charge in [0.2, 0.25) is 5.76 Å². The van der Waals surface area contributed by atoms with Crippen LogP contribution in [0.2, 0.25) is 5.02 Å². The fourth-order valence-corrected chi connectivity index (χ4v) is 1.78. The second-order valence-corrected chi connectivity index (χ2v) is 4.20. The maximum Gasteiger partial charge on any atom is 0.375 e. The first-order valence-corrected chi connectivity index (χ1v) is 5.55. The number of aliphatic hydroxyl groups is 1. The Morgan fingerprint density at radius 3 is 2.50 bits per heavy atom. The Balaban J connectivity index is 2.57. The third kappa shape index (κ3) is 2.23. The highest BCUT2D eigenvalue weighted by molar-refractivity contribution is 6.30. The van der Waals surface area contributed by atoms with Gasteiger partial charge in [0.05, 0.1) is 11.7 Å². The zero-order valence-electron chi connectivity index (χ0n) is 9.42. The molecule has 1 unspecified atom stereocenters. The van der Waals surface area contributed by atoms with E-state index in [-0.39, 0.29) is 11.3 Å². The first-order valence-electron chi connectivity index (χ1n) is 5.17. The van der Waals surface area contributed by atoms with Crippen LogP contribution in [0.25, 0.3) is 11.3 Å². The third-order valence-electron chi connectivity index (χ3n) is 2.46. The van der Waals surface area contributed by atoms with Crippen LogP contribution in [0.3, 0.4) is 0 Å². The van der Waals surface area contributed by atoms with Crippen molar-refractivity contribution in [2.45, 2.75) is 13.0 Å². The van der Waals surface area contributed by atoms with Gasteiger partial charge >= 0.3 is 5.97 Å². The third-order valence-corrected chi connectivity index (χ3v) is 2.71. The second kappa shape index (κ2) is 4.80. The Labute approximate surface area is 108 Å². The quantitative estimate of drug-likeness (QED) is 0.893. The number of carboxylic acids is 1. The number of carboxylic acid groups (broad SMARTS) is 1. The minimum Gasteiger partial charge on any atom is -0.475 e. The molecule has 0 aliphatic heterocycles. The van der Waals surface area contributed by atoms with Crippen LogP contribution in [-0.4, -0.2) is 21.3 Å². The van der Waals surface area contributed by atoms with Gasteiger partial charge in [0, 0.05) is 10.6 Å². The Hall–Kier alpha value is -1.85. The maximum atomic E-state index is 11.0. The minimum atomic E-state index is -1.27. The molecule has 0 amide bonds. The van der Waals surface area contributed by atoms with Crippen LogP contribution < -0.4 is 0 Å². The average Bonchev–Trinajstić information content (AvgIpc) is 2.74. The summed E-state index contributed by atoms with van der Waals surface area (Å²) in [4.78, 5) is 11.0. The summed E-state index contributed by atoms with van der Waals surface area (Å²) in [7, 11) is 0. The fraction of sp³-hybridized carbons (Fsp3) is 0.167. The van der Waals surface area contributed by atoms with Gasteiger partial charge in [-0.3, -0.25) is 0 Å². The van der Waals surface area contributed by atoms with E-state index in [0.717, 1.165) is 0 Å². The molecule has 0 saturated heterocycles. The molecule has 0 bridgehead atoms. The van der Waals surface area contributed by atoms with Gasteiger partial charge < -0.3 is 14.7 Å². The number of aromatic nitrogens is 1. The summed E-state index contributed by atoms with van der Waals surface area (Å²) < 4.78 is 4.76. The summed E-state index contributed by atoms with van der Waals surface area (Å²) in [6.45, 7) is 1.46. The van der Waals surface area contributed by atoms with E-state index in [2.05, 4.69) is 5.16 Å². The molecular weight excluding hydrogens is 258 g/mol. The number of rotatable bonds is 3. The largest absolute Gasteiger partial charge is 0.475 e. The van der Waals surface area contributed by atoms with Crippen molar-refractivity contribution in [3.8, 4) is 11.3 Å². The smallest absolute Gasteiger partial charge is 0.375 e. The zero-order valence-corrected chi connectivity index (χ0v) is 10.2. The molecule has 1 aromatic carbocycles. The highest BCUT2D eigenvalue weighted by Gasteiger charge is 2.25. The molecule has 94 valence electrons. The molecule has 0 saturated carbocycles. The molecule has 6 heteroatoms. The maximum absolute atomic E-state index is 11.0. The molecule has 2 aromatic rings. The first-order chi connectivity index (χ1) is 8.50. The lowest BCUT2D eigenvalue weighted by Gasteiger charge is -2.05. The summed E-state index contributed by atoms with van der Waals surface area (Å²) in [5, 5.41) is 22.9. The molecule has 1 aromatic heterocycles. The molecule has 0 spiro atoms. The van der Waals surface area contributed by atoms with E-state index in [1.54, 1.807) is 24.3 Å². The van der Waals surface area contributed by atoms with E-state index in [4.69, 9.17) is 21.2 Å². The van der Waals surface area contributed by atoms with Crippen LogP contribution in [-0.2, 0) is 0 Å². The number of nitrogens with zero attached hydrogens (tertiary/aromatic N) is 1. The molecule has 2 N–H and O–H groups in total. The summed E-state index contributed by atoms with van der Waals surface area (Å²) >= 11 is 5.77. The highest BCUT2D eigenvalue weighted by atomic mass is 35.5. The Kier molecular flexibility index (Phi) is 3.36. The summed E-state index contributed by atoms with van der Waals surface area (Å²) in [5.41, 5.74) is 1.09. The van der Waals surface area contributed by atoms with Gasteiger partial charge in [-0.2, -0.15) is 0 Å². The van der Waals surface area contributed by atoms with Crippen molar-refractivity contribution in [3.05, 3.63) is 40.6 Å². The van der Waals surface area contributed by atoms with Crippen molar-refractivity contribution in [3.63, 3.8) is 0 Å². The number of hydrogen-bond acceptors (Lipinski definition) is 4. The monoisotopic (exact) mass is 267 g/mol. The van der Waals surface area contributed by atoms with Crippen molar-refractivity contribution >= 4 is 17.6 Å². The van der Waals surface area contributed by atoms with Crippen molar-refractivity contribution in [2.24, 2.45) is 0 Å². The SMILES string of the molecule is CC(O)c1c(-c2ccc(Cl)cc2)noc1C(=O)O. The molecule has 2 rings (SSSR count). The lowest BCUT2D eigenvalue weighted by atomic mass is 10.0. The Bertz CT molecular complexity index is 574. The van der Waals surface area contributed by atoms with E-state index in [1.165, 1.54) is 6.92 Å². The fourth-order valence-electron chi connectivity index (χ4n) is 1.65. The van der Waals surface area contributed by atoms with E-state index in [0.29, 0.717) is 16.3 Å². The van der Waals surface area contributed by atoms with Crippen LogP contribution >= 0.6 is 11.6 Å². The van der Waals surface area contributed by atoms with Crippen molar-refractivity contribution in [1.29, 1.82) is 0 Å². The Morgan fingerprint density at radius 2 is 2.00 bits per heavy atom. The van der Waals surface area contributed by atoms with Crippen LogP contribution in [0, 0.1) is 0 Å². The number of hydrogen-bond donors (Lipinski definition) is 2. The molecular formula is C12H10ClNO4. The molecule has 1 atom stereocenters. The molecule has 0 aliphatic carbocycles. The van der Waals surface area contributed by atoms with Gasteiger partial charge in [-0.25, -0.2) is 4.79 Å². The molecule has 1 heterocycles. The second-order valence-electron chi connectivity index (χ2n) is 3.76. The lowest BCUT2D eigenvalue weighted by molar-refractivity contribution is 0.0643. The number of carbonyl (C=O) groups is 1. The summed E-state index contributed by atoms with van der Waals surface area (Å²) in [5.74, 6) is -1.62. The van der Waals surface area contributed by atoms with Crippen LogP contribution in [0.4, 0.5) is 0 Å². The van der Waals surface area contributed by atoms with Gasteiger partial charge in [-0.15, -0.1) is 0 Å². The van der Waals surface area contributed by atoms with E-state index < -0.39 is 12.1 Å². The number of aromatic carboxylic acids is 1. The minimum absolute atomic E-state index is 0.157. The molecule has 0 fully saturated rings. The van der Waals surface area contributed by atoms with Crippen LogP contribution in [0.1, 0.15) is 29.1 Å². The molecule has 0 radical (unpaired) electrons. The molecule has 5 nitrogen and oxygen atoms in total. The predicted molar refractivity (Wildman–Crippen MR) is 64.5 cm³/mol. The molecule has 0 aliphatic rings. The topological polar surface area (TPSA) is 83.6 Å². The summed E-state index contributed by atoms with van der Waals surface area (Å²) in [6.07, 6.45) is -0.993. The number of benzene rings is 1. The standard InChI is InChI=1S/C12H10ClNO4/c1-6(15)9-10(14-18-11(9)12(16)17)7-2-4-8(13)5-3-7/h2-6,15H,1H3,(H,16,17). The highest BCUT2D eigenvalue weighted by Crippen LogP contribution is 2.31. The van der Waals surface area contributed by atoms with Crippen LogP contribution in [0.5, 0.6) is 0 Å². The number of halogens is 1. The van der Waals surface area contributed by atoms with Crippen molar-refractivity contribution in [1.82, 2.24) is 5.16 Å². The van der Waals surface area contributed by atoms with Gasteiger partial charge in [-0.1, -0.05) is 28.9 Å². The summed E-state index contributed by atoms with van der Waals surface area (Å²) in [6, 6.07) is 6.66. The lowest BCUT2D eigenvalue weighted by Crippen LogP contribution is -2.02. The van der Waals surface area contributed by atoms with Gasteiger partial charge in [-0.05, 0) is 19.1 Å². The van der Waals surface area contributed by atoms with E-state index in [1.807, 2.05) is 0 Å². The predicted octanol–water partition coefficient (Wildman–Crippen LogP) is 2.75. The van der Waals surface area contributed by atoms with E-state index >= 15 is 0 Å². The van der Waals surface area contributed by atoms with Gasteiger partial charge in [0.15, 0.2) is 0 Å². The first kappa shape index (κ1) is 12.6. The average molecular weight is 268 g/mol. The van der Waals surface area contributed by atoms with Crippen molar-refractivity contribution in [2.75, 3.05) is 0 Å². The van der Waals surface area contributed by atoms with Crippen LogP contribution in [0.15, 0.2) is 28.8 Å². The van der Waals surface area contributed by atoms with E-state index in [9.17, 15) is 9.90 Å². The van der Waals surface area contributed by atoms with Crippen molar-refractivity contribution < 1.29 is 19.5 Å². The molecule has 18 heavy (non-hydrogen) atoms. The number of aliphatic hydroxyl groups excluding tert-OH is 1. The van der Waals surface area contributed by atoms with Gasteiger partial charge in [0.1, 0.15) is 5.69 Å².